The van der Waals surface area contributed by atoms with Gasteiger partial charge in [-0.25, -0.2) is 0 Å². The molecule has 5 heteroatoms. The molecule has 0 aromatic rings. The number of rotatable bonds is 12. The molecule has 0 aliphatic heterocycles. The molecular weight excluding hydrogens is 508 g/mol. The molecule has 0 saturated heterocycles. The summed E-state index contributed by atoms with van der Waals surface area (Å²) < 4.78 is 0.339. The number of allylic oxidation sites excluding steroid dienone is 2. The molecule has 0 bridgehead atoms. The average Bonchev–Trinajstić information content (AvgIpc) is 3.24. The molecule has 5 unspecified atom stereocenters. The van der Waals surface area contributed by atoms with Gasteiger partial charge in [-0.2, -0.15) is 0 Å². The number of amides is 1. The number of nitrogens with one attached hydrogen (secondary N) is 1. The van der Waals surface area contributed by atoms with Crippen molar-refractivity contribution in [3.63, 3.8) is 0 Å². The Hall–Kier alpha value is -1.36. The highest BCUT2D eigenvalue weighted by atomic mass is 16.4. The zero-order chi connectivity index (χ0) is 30.2. The van der Waals surface area contributed by atoms with Crippen molar-refractivity contribution in [2.75, 3.05) is 27.7 Å². The zero-order valence-electron chi connectivity index (χ0n) is 27.8. The van der Waals surface area contributed by atoms with E-state index in [4.69, 9.17) is 0 Å². The van der Waals surface area contributed by atoms with E-state index in [1.165, 1.54) is 51.4 Å². The number of carbonyl (C=O) groups excluding carboxylic acids is 2. The predicted octanol–water partition coefficient (Wildman–Crippen LogP) is 6.37. The zero-order valence-corrected chi connectivity index (χ0v) is 27.8. The van der Waals surface area contributed by atoms with Gasteiger partial charge in [-0.3, -0.25) is 4.79 Å². The van der Waals surface area contributed by atoms with Gasteiger partial charge in [-0.15, -0.1) is 0 Å². The Morgan fingerprint density at radius 2 is 1.71 bits per heavy atom. The smallest absolute Gasteiger partial charge is 0.223 e. The van der Waals surface area contributed by atoms with Gasteiger partial charge in [0, 0.05) is 18.9 Å². The first kappa shape index (κ1) is 32.6. The van der Waals surface area contributed by atoms with Crippen molar-refractivity contribution in [1.29, 1.82) is 0 Å². The number of aliphatic carboxylic acids is 1. The lowest BCUT2D eigenvalue weighted by atomic mass is 9.46. The number of hydrogen-bond acceptors (Lipinski definition) is 3. The van der Waals surface area contributed by atoms with Gasteiger partial charge in [0.2, 0.25) is 5.91 Å². The van der Waals surface area contributed by atoms with Crippen LogP contribution in [0.1, 0.15) is 118 Å². The van der Waals surface area contributed by atoms with Crippen LogP contribution in [0.2, 0.25) is 0 Å². The van der Waals surface area contributed by atoms with E-state index in [0.717, 1.165) is 54.8 Å². The van der Waals surface area contributed by atoms with E-state index in [1.54, 1.807) is 5.57 Å². The molecule has 4 aliphatic carbocycles. The van der Waals surface area contributed by atoms with Crippen LogP contribution in [0.5, 0.6) is 0 Å². The summed E-state index contributed by atoms with van der Waals surface area (Å²) in [6, 6.07) is -0.553. The maximum atomic E-state index is 13.2. The first-order chi connectivity index (χ1) is 19.2. The van der Waals surface area contributed by atoms with Crippen molar-refractivity contribution in [1.82, 2.24) is 5.32 Å². The Labute approximate surface area is 251 Å². The lowest BCUT2D eigenvalue weighted by molar-refractivity contribution is -0.889. The maximum Gasteiger partial charge on any atom is 0.223 e. The third-order valence-corrected chi connectivity index (χ3v) is 12.8. The number of quaternary nitrogens is 1. The van der Waals surface area contributed by atoms with Gasteiger partial charge in [0.1, 0.15) is 6.04 Å². The van der Waals surface area contributed by atoms with Gasteiger partial charge in [-0.05, 0) is 104 Å². The maximum absolute atomic E-state index is 13.2. The molecule has 4 rings (SSSR count). The fourth-order valence-corrected chi connectivity index (χ4v) is 10.4. The fourth-order valence-electron chi connectivity index (χ4n) is 10.4. The van der Waals surface area contributed by atoms with Crippen LogP contribution in [0.4, 0.5) is 0 Å². The molecule has 0 radical (unpaired) electrons. The minimum atomic E-state index is -1.01. The molecule has 234 valence electrons. The van der Waals surface area contributed by atoms with Crippen molar-refractivity contribution >= 4 is 11.9 Å². The third-order valence-electron chi connectivity index (χ3n) is 12.8. The summed E-state index contributed by atoms with van der Waals surface area (Å²) in [5.74, 6) is 4.22. The van der Waals surface area contributed by atoms with Crippen LogP contribution in [0.25, 0.3) is 0 Å². The number of carboxylic acids is 1. The number of fused-ring (bicyclic) bond motifs is 5. The van der Waals surface area contributed by atoms with E-state index < -0.39 is 12.0 Å². The Kier molecular flexibility index (Phi) is 10.1. The summed E-state index contributed by atoms with van der Waals surface area (Å²) in [6.45, 7) is 13.0. The number of likely N-dealkylation sites (N-methyl/N-ethyl adjacent to an activating group) is 1. The summed E-state index contributed by atoms with van der Waals surface area (Å²) in [4.78, 5) is 24.7. The molecular formula is C36H62N2O3. The molecule has 3 fully saturated rings. The average molecular weight is 571 g/mol. The van der Waals surface area contributed by atoms with Crippen molar-refractivity contribution in [2.45, 2.75) is 124 Å². The van der Waals surface area contributed by atoms with E-state index >= 15 is 0 Å². The Morgan fingerprint density at radius 1 is 0.976 bits per heavy atom. The molecule has 41 heavy (non-hydrogen) atoms. The molecule has 4 aliphatic rings. The quantitative estimate of drug-likeness (QED) is 0.169. The predicted molar refractivity (Wildman–Crippen MR) is 166 cm³/mol. The van der Waals surface area contributed by atoms with Gasteiger partial charge in [0.25, 0.3) is 0 Å². The topological polar surface area (TPSA) is 69.2 Å². The molecule has 0 heterocycles. The second-order valence-electron chi connectivity index (χ2n) is 16.6. The van der Waals surface area contributed by atoms with Crippen LogP contribution in [0, 0.1) is 52.3 Å². The Bertz CT molecular complexity index is 966. The molecule has 1 N–H and O–H groups in total. The standard InChI is InChI=1S/C36H62N2O3/c1-24(2)11-9-12-25(3)29-16-17-30-28-15-14-27-23-26(18-20-35(27,4)31(28)19-21-36(29,30)5)33(39)37-22-10-13-32(34(40)41)38(6,7)8/h14,24-26,28-32H,9-13,15-23H2,1-8H3,(H-,37,39,40,41)/t25-,26?,28?,29-,30?,31?,32?,35+,36-/m1/s1. The summed E-state index contributed by atoms with van der Waals surface area (Å²) in [5.41, 5.74) is 2.33. The summed E-state index contributed by atoms with van der Waals surface area (Å²) in [6.07, 6.45) is 17.8. The van der Waals surface area contributed by atoms with Crippen molar-refractivity contribution < 1.29 is 19.2 Å². The highest BCUT2D eigenvalue weighted by Gasteiger charge is 2.59. The lowest BCUT2D eigenvalue weighted by Gasteiger charge is -2.58. The highest BCUT2D eigenvalue weighted by molar-refractivity contribution is 5.79. The summed E-state index contributed by atoms with van der Waals surface area (Å²) >= 11 is 0. The number of hydrogen-bond donors (Lipinski definition) is 1. The number of nitrogens with zero attached hydrogens (tertiary/aromatic N) is 1. The van der Waals surface area contributed by atoms with E-state index in [-0.39, 0.29) is 17.2 Å². The molecule has 0 spiro atoms. The van der Waals surface area contributed by atoms with Gasteiger partial charge >= 0.3 is 0 Å². The van der Waals surface area contributed by atoms with Crippen LogP contribution in [-0.2, 0) is 9.59 Å². The van der Waals surface area contributed by atoms with E-state index in [1.807, 2.05) is 21.1 Å². The van der Waals surface area contributed by atoms with E-state index in [2.05, 4.69) is 46.0 Å². The molecule has 3 saturated carbocycles. The van der Waals surface area contributed by atoms with Crippen molar-refractivity contribution in [3.8, 4) is 0 Å². The van der Waals surface area contributed by atoms with Crippen molar-refractivity contribution in [3.05, 3.63) is 11.6 Å². The third kappa shape index (κ3) is 6.75. The normalized spacial score (nSPS) is 36.5. The second kappa shape index (κ2) is 12.7. The lowest BCUT2D eigenvalue weighted by Crippen LogP contribution is -2.55. The van der Waals surface area contributed by atoms with E-state index in [0.29, 0.717) is 29.3 Å². The van der Waals surface area contributed by atoms with Crippen LogP contribution in [-0.4, -0.2) is 50.1 Å². The van der Waals surface area contributed by atoms with E-state index in [9.17, 15) is 14.7 Å². The van der Waals surface area contributed by atoms with Gasteiger partial charge in [0.15, 0.2) is 0 Å². The fraction of sp³-hybridized carbons (Fsp3) is 0.889. The largest absolute Gasteiger partial charge is 0.544 e. The number of carbonyl (C=O) groups is 2. The monoisotopic (exact) mass is 570 g/mol. The summed E-state index contributed by atoms with van der Waals surface area (Å²) in [7, 11) is 5.65. The van der Waals surface area contributed by atoms with Gasteiger partial charge < -0.3 is 19.7 Å². The first-order valence-corrected chi connectivity index (χ1v) is 17.2. The minimum absolute atomic E-state index is 0.0533. The highest BCUT2D eigenvalue weighted by Crippen LogP contribution is 2.67. The van der Waals surface area contributed by atoms with Crippen LogP contribution >= 0.6 is 0 Å². The Balaban J connectivity index is 1.33. The molecule has 1 amide bonds. The molecule has 9 atom stereocenters. The minimum Gasteiger partial charge on any atom is -0.544 e. The second-order valence-corrected chi connectivity index (χ2v) is 16.6. The summed E-state index contributed by atoms with van der Waals surface area (Å²) in [5, 5.41) is 14.7. The Morgan fingerprint density at radius 3 is 2.37 bits per heavy atom. The van der Waals surface area contributed by atoms with Gasteiger partial charge in [-0.1, -0.05) is 65.5 Å². The van der Waals surface area contributed by atoms with Crippen molar-refractivity contribution in [2.24, 2.45) is 52.3 Å². The van der Waals surface area contributed by atoms with Crippen LogP contribution in [0.3, 0.4) is 0 Å². The molecule has 0 aromatic carbocycles. The molecule has 0 aromatic heterocycles. The number of carboxylic acid groups (broad SMARTS) is 1. The van der Waals surface area contributed by atoms with Crippen LogP contribution in [0.15, 0.2) is 11.6 Å². The van der Waals surface area contributed by atoms with Gasteiger partial charge in [0.05, 0.1) is 27.1 Å². The van der Waals surface area contributed by atoms with Crippen LogP contribution < -0.4 is 10.4 Å². The molecule has 5 nitrogen and oxygen atoms in total. The first-order valence-electron chi connectivity index (χ1n) is 17.2. The SMILES string of the molecule is CC(C)CCC[C@@H](C)[C@H]1CCC2C3CC=C4CC(C(=O)NCCCC(C(=O)[O-])[N+](C)(C)C)CC[C@]4(C)C3CC[C@@]21C.